The monoisotopic (exact) mass is 865 g/mol. The van der Waals surface area contributed by atoms with Crippen LogP contribution in [0.25, 0.3) is 0 Å². The van der Waals surface area contributed by atoms with Crippen LogP contribution in [0.1, 0.15) is 245 Å². The van der Waals surface area contributed by atoms with Crippen LogP contribution in [0, 0.1) is 0 Å². The molecule has 0 N–H and O–H groups in total. The van der Waals surface area contributed by atoms with Crippen LogP contribution in [-0.4, -0.2) is 37.2 Å². The Hall–Kier alpha value is -3.15. The van der Waals surface area contributed by atoms with Gasteiger partial charge in [0.2, 0.25) is 0 Å². The third-order valence-electron chi connectivity index (χ3n) is 11.0. The van der Waals surface area contributed by atoms with E-state index in [0.717, 1.165) is 83.5 Å². The first kappa shape index (κ1) is 58.9. The van der Waals surface area contributed by atoms with Gasteiger partial charge in [0.1, 0.15) is 13.2 Å². The van der Waals surface area contributed by atoms with Crippen LogP contribution in [0.15, 0.2) is 72.9 Å². The summed E-state index contributed by atoms with van der Waals surface area (Å²) in [5.41, 5.74) is 0. The lowest BCUT2D eigenvalue weighted by Gasteiger charge is -2.18. The van der Waals surface area contributed by atoms with Crippen LogP contribution in [-0.2, 0) is 28.6 Å². The number of carbonyl (C=O) groups excluding carboxylic acids is 3. The Bertz CT molecular complexity index is 1180. The maximum absolute atomic E-state index is 12.8. The molecule has 62 heavy (non-hydrogen) atoms. The molecule has 0 radical (unpaired) electrons. The number of hydrogen-bond acceptors (Lipinski definition) is 6. The highest BCUT2D eigenvalue weighted by molar-refractivity contribution is 5.71. The van der Waals surface area contributed by atoms with E-state index in [1.165, 1.54) is 122 Å². The molecule has 0 aromatic rings. The van der Waals surface area contributed by atoms with Gasteiger partial charge in [-0.05, 0) is 70.6 Å². The average molecular weight is 865 g/mol. The van der Waals surface area contributed by atoms with Crippen molar-refractivity contribution >= 4 is 17.9 Å². The number of rotatable bonds is 46. The molecular weight excluding hydrogens is 769 g/mol. The quantitative estimate of drug-likeness (QED) is 0.0199. The summed E-state index contributed by atoms with van der Waals surface area (Å²) in [6.07, 6.45) is 63.1. The minimum absolute atomic E-state index is 0.0910. The fraction of sp³-hybridized carbons (Fsp3) is 0.732. The van der Waals surface area contributed by atoms with E-state index in [4.69, 9.17) is 14.2 Å². The number of unbranched alkanes of at least 4 members (excludes halogenated alkanes) is 26. The Morgan fingerprint density at radius 3 is 1.16 bits per heavy atom. The molecule has 0 fully saturated rings. The van der Waals surface area contributed by atoms with Crippen molar-refractivity contribution in [1.29, 1.82) is 0 Å². The van der Waals surface area contributed by atoms with Crippen molar-refractivity contribution in [1.82, 2.24) is 0 Å². The van der Waals surface area contributed by atoms with Crippen molar-refractivity contribution in [3.05, 3.63) is 72.9 Å². The molecule has 0 saturated carbocycles. The van der Waals surface area contributed by atoms with Gasteiger partial charge < -0.3 is 14.2 Å². The second kappa shape index (κ2) is 50.5. The summed E-state index contributed by atoms with van der Waals surface area (Å²) >= 11 is 0. The predicted molar refractivity (Wildman–Crippen MR) is 265 cm³/mol. The number of ether oxygens (including phenoxy) is 3. The molecule has 6 nitrogen and oxygen atoms in total. The average Bonchev–Trinajstić information content (AvgIpc) is 3.27. The summed E-state index contributed by atoms with van der Waals surface area (Å²) in [4.78, 5) is 38.0. The van der Waals surface area contributed by atoms with E-state index in [0.29, 0.717) is 19.3 Å². The molecule has 0 aliphatic rings. The normalized spacial score (nSPS) is 12.6. The Kier molecular flexibility index (Phi) is 47.9. The summed E-state index contributed by atoms with van der Waals surface area (Å²) in [7, 11) is 0. The fourth-order valence-corrected chi connectivity index (χ4v) is 7.13. The topological polar surface area (TPSA) is 78.9 Å². The number of hydrogen-bond donors (Lipinski definition) is 0. The molecule has 6 heteroatoms. The standard InChI is InChI=1S/C56H96O6/c1-4-7-10-13-16-19-22-25-27-28-29-32-34-37-40-43-46-49-55(58)61-52-53(51-60-54(57)48-45-42-39-36-33-30-24-21-18-15-12-9-6-3)62-56(59)50-47-44-41-38-35-31-26-23-20-17-14-11-8-5-2/h9,12,15-16,18-19,21,24-25,27,30,33,53H,4-8,10-11,13-14,17,20,22-23,26,28-29,31-32,34-52H2,1-3H3/b12-9+,18-15+,19-16+,24-21+,27-25+,33-30+. The molecule has 0 rings (SSSR count). The van der Waals surface area contributed by atoms with Gasteiger partial charge in [-0.3, -0.25) is 14.4 Å². The van der Waals surface area contributed by atoms with Crippen molar-refractivity contribution < 1.29 is 28.6 Å². The lowest BCUT2D eigenvalue weighted by Crippen LogP contribution is -2.30. The maximum Gasteiger partial charge on any atom is 0.306 e. The Morgan fingerprint density at radius 1 is 0.355 bits per heavy atom. The molecule has 0 heterocycles. The van der Waals surface area contributed by atoms with Gasteiger partial charge in [0.25, 0.3) is 0 Å². The molecule has 1 unspecified atom stereocenters. The number of esters is 3. The van der Waals surface area contributed by atoms with Gasteiger partial charge in [-0.1, -0.05) is 229 Å². The summed E-state index contributed by atoms with van der Waals surface area (Å²) < 4.78 is 16.8. The minimum Gasteiger partial charge on any atom is -0.462 e. The van der Waals surface area contributed by atoms with E-state index >= 15 is 0 Å². The fourth-order valence-electron chi connectivity index (χ4n) is 7.13. The van der Waals surface area contributed by atoms with Gasteiger partial charge in [-0.2, -0.15) is 0 Å². The van der Waals surface area contributed by atoms with Crippen LogP contribution < -0.4 is 0 Å². The van der Waals surface area contributed by atoms with E-state index in [-0.39, 0.29) is 31.1 Å². The number of allylic oxidation sites excluding steroid dienone is 12. The third-order valence-corrected chi connectivity index (χ3v) is 11.0. The van der Waals surface area contributed by atoms with E-state index < -0.39 is 6.10 Å². The highest BCUT2D eigenvalue weighted by atomic mass is 16.6. The molecular formula is C56H96O6. The summed E-state index contributed by atoms with van der Waals surface area (Å²) in [5, 5.41) is 0. The second-order valence-corrected chi connectivity index (χ2v) is 17.1. The van der Waals surface area contributed by atoms with Crippen molar-refractivity contribution in [2.24, 2.45) is 0 Å². The molecule has 0 aromatic heterocycles. The molecule has 0 amide bonds. The maximum atomic E-state index is 12.8. The van der Waals surface area contributed by atoms with Crippen LogP contribution >= 0.6 is 0 Å². The molecule has 0 aliphatic heterocycles. The van der Waals surface area contributed by atoms with Crippen LogP contribution in [0.2, 0.25) is 0 Å². The van der Waals surface area contributed by atoms with Gasteiger partial charge in [-0.25, -0.2) is 0 Å². The van der Waals surface area contributed by atoms with Crippen molar-refractivity contribution in [2.75, 3.05) is 13.2 Å². The zero-order chi connectivity index (χ0) is 45.1. The smallest absolute Gasteiger partial charge is 0.306 e. The molecule has 1 atom stereocenters. The first-order chi connectivity index (χ1) is 30.5. The van der Waals surface area contributed by atoms with Crippen LogP contribution in [0.4, 0.5) is 0 Å². The van der Waals surface area contributed by atoms with Gasteiger partial charge in [-0.15, -0.1) is 0 Å². The Morgan fingerprint density at radius 2 is 0.694 bits per heavy atom. The van der Waals surface area contributed by atoms with E-state index in [9.17, 15) is 14.4 Å². The second-order valence-electron chi connectivity index (χ2n) is 17.1. The van der Waals surface area contributed by atoms with Gasteiger partial charge in [0, 0.05) is 19.3 Å². The van der Waals surface area contributed by atoms with Crippen LogP contribution in [0.3, 0.4) is 0 Å². The molecule has 0 aliphatic carbocycles. The summed E-state index contributed by atoms with van der Waals surface area (Å²) in [6, 6.07) is 0. The van der Waals surface area contributed by atoms with Crippen molar-refractivity contribution in [3.8, 4) is 0 Å². The SMILES string of the molecule is CC/C=C/C=C/C=C/C=C/CCCCCC(=O)OCC(COC(=O)CCCCCCCCC/C=C/C/C=C/CCCCC)OC(=O)CCCCCCCCCCCCCCCC. The highest BCUT2D eigenvalue weighted by Gasteiger charge is 2.19. The van der Waals surface area contributed by atoms with Crippen LogP contribution in [0.5, 0.6) is 0 Å². The third kappa shape index (κ3) is 47.9. The summed E-state index contributed by atoms with van der Waals surface area (Å²) in [5.74, 6) is -0.934. The molecule has 0 aromatic carbocycles. The van der Waals surface area contributed by atoms with E-state index in [1.807, 2.05) is 36.5 Å². The van der Waals surface area contributed by atoms with Gasteiger partial charge in [0.15, 0.2) is 6.10 Å². The zero-order valence-corrected chi connectivity index (χ0v) is 40.6. The number of carbonyl (C=O) groups is 3. The molecule has 0 saturated heterocycles. The largest absolute Gasteiger partial charge is 0.462 e. The van der Waals surface area contributed by atoms with Gasteiger partial charge >= 0.3 is 17.9 Å². The highest BCUT2D eigenvalue weighted by Crippen LogP contribution is 2.15. The molecule has 356 valence electrons. The van der Waals surface area contributed by atoms with Crippen molar-refractivity contribution in [3.63, 3.8) is 0 Å². The van der Waals surface area contributed by atoms with E-state index in [1.54, 1.807) is 0 Å². The van der Waals surface area contributed by atoms with Gasteiger partial charge in [0.05, 0.1) is 0 Å². The first-order valence-corrected chi connectivity index (χ1v) is 26.0. The minimum atomic E-state index is -0.792. The molecule has 0 spiro atoms. The predicted octanol–water partition coefficient (Wildman–Crippen LogP) is 17.0. The lowest BCUT2D eigenvalue weighted by molar-refractivity contribution is -0.167. The summed E-state index contributed by atoms with van der Waals surface area (Å²) in [6.45, 7) is 6.44. The van der Waals surface area contributed by atoms with Crippen molar-refractivity contribution in [2.45, 2.75) is 252 Å². The zero-order valence-electron chi connectivity index (χ0n) is 40.6. The Balaban J connectivity index is 4.42. The first-order valence-electron chi connectivity index (χ1n) is 26.0. The Labute approximate surface area is 382 Å². The lowest BCUT2D eigenvalue weighted by atomic mass is 10.0. The van der Waals surface area contributed by atoms with E-state index in [2.05, 4.69) is 57.2 Å². The molecule has 0 bridgehead atoms.